The lowest BCUT2D eigenvalue weighted by Crippen LogP contribution is -2.31. The van der Waals surface area contributed by atoms with E-state index in [1.807, 2.05) is 12.1 Å². The number of carboxylic acids is 1. The van der Waals surface area contributed by atoms with Gasteiger partial charge in [-0.2, -0.15) is 0 Å². The Labute approximate surface area is 126 Å². The van der Waals surface area contributed by atoms with Gasteiger partial charge in [0.2, 0.25) is 0 Å². The molecule has 0 atom stereocenters. The number of carboxylic acid groups (broad SMARTS) is 1. The molecule has 5 nitrogen and oxygen atoms in total. The molecule has 1 rings (SSSR count). The molecule has 1 aromatic carbocycles. The SMILES string of the molecule is CCCN(CCC)Cc1ccccc1C(=O)NCC(=O)O. The van der Waals surface area contributed by atoms with Crippen LogP contribution in [0.3, 0.4) is 0 Å². The molecule has 0 saturated carbocycles. The van der Waals surface area contributed by atoms with E-state index in [4.69, 9.17) is 5.11 Å². The van der Waals surface area contributed by atoms with Crippen molar-refractivity contribution < 1.29 is 14.7 Å². The average molecular weight is 292 g/mol. The predicted octanol–water partition coefficient (Wildman–Crippen LogP) is 2.12. The monoisotopic (exact) mass is 292 g/mol. The van der Waals surface area contributed by atoms with E-state index in [-0.39, 0.29) is 12.5 Å². The van der Waals surface area contributed by atoms with Gasteiger partial charge in [0.05, 0.1) is 0 Å². The maximum absolute atomic E-state index is 12.1. The Morgan fingerprint density at radius 2 is 1.76 bits per heavy atom. The van der Waals surface area contributed by atoms with Crippen LogP contribution >= 0.6 is 0 Å². The third-order valence-corrected chi connectivity index (χ3v) is 3.14. The zero-order valence-corrected chi connectivity index (χ0v) is 12.8. The van der Waals surface area contributed by atoms with E-state index in [0.717, 1.165) is 31.5 Å². The number of nitrogens with one attached hydrogen (secondary N) is 1. The van der Waals surface area contributed by atoms with E-state index < -0.39 is 5.97 Å². The Hall–Kier alpha value is -1.88. The fraction of sp³-hybridized carbons (Fsp3) is 0.500. The van der Waals surface area contributed by atoms with Crippen LogP contribution in [0.1, 0.15) is 42.6 Å². The van der Waals surface area contributed by atoms with Crippen molar-refractivity contribution in [2.75, 3.05) is 19.6 Å². The first-order valence-corrected chi connectivity index (χ1v) is 7.38. The molecule has 0 aromatic heterocycles. The van der Waals surface area contributed by atoms with Gasteiger partial charge in [-0.15, -0.1) is 0 Å². The number of amides is 1. The molecule has 0 fully saturated rings. The van der Waals surface area contributed by atoms with Crippen LogP contribution in [0.5, 0.6) is 0 Å². The molecule has 0 spiro atoms. The lowest BCUT2D eigenvalue weighted by molar-refractivity contribution is -0.135. The molecule has 0 aliphatic heterocycles. The van der Waals surface area contributed by atoms with Crippen molar-refractivity contribution in [1.29, 1.82) is 0 Å². The fourth-order valence-corrected chi connectivity index (χ4v) is 2.27. The van der Waals surface area contributed by atoms with Gasteiger partial charge in [-0.1, -0.05) is 32.0 Å². The van der Waals surface area contributed by atoms with Crippen molar-refractivity contribution in [1.82, 2.24) is 10.2 Å². The van der Waals surface area contributed by atoms with Crippen LogP contribution in [-0.4, -0.2) is 41.5 Å². The molecule has 0 saturated heterocycles. The highest BCUT2D eigenvalue weighted by Crippen LogP contribution is 2.12. The summed E-state index contributed by atoms with van der Waals surface area (Å²) in [4.78, 5) is 24.9. The third kappa shape index (κ3) is 5.95. The molecule has 0 heterocycles. The molecular formula is C16H24N2O3. The van der Waals surface area contributed by atoms with Crippen molar-refractivity contribution in [3.63, 3.8) is 0 Å². The molecule has 1 amide bonds. The molecule has 0 radical (unpaired) electrons. The van der Waals surface area contributed by atoms with E-state index in [2.05, 4.69) is 24.1 Å². The van der Waals surface area contributed by atoms with E-state index in [1.165, 1.54) is 0 Å². The maximum atomic E-state index is 12.1. The first-order chi connectivity index (χ1) is 10.1. The Bertz CT molecular complexity index is 468. The first-order valence-electron chi connectivity index (χ1n) is 7.38. The minimum atomic E-state index is -1.04. The van der Waals surface area contributed by atoms with Gasteiger partial charge in [0.15, 0.2) is 0 Å². The fourth-order valence-electron chi connectivity index (χ4n) is 2.27. The van der Waals surface area contributed by atoms with E-state index in [9.17, 15) is 9.59 Å². The van der Waals surface area contributed by atoms with Crippen LogP contribution in [0.4, 0.5) is 0 Å². The van der Waals surface area contributed by atoms with Crippen LogP contribution in [0.2, 0.25) is 0 Å². The minimum Gasteiger partial charge on any atom is -0.480 e. The molecule has 5 heteroatoms. The zero-order valence-electron chi connectivity index (χ0n) is 12.8. The van der Waals surface area contributed by atoms with Crippen molar-refractivity contribution in [2.45, 2.75) is 33.2 Å². The van der Waals surface area contributed by atoms with Gasteiger partial charge in [-0.05, 0) is 37.6 Å². The lowest BCUT2D eigenvalue weighted by Gasteiger charge is -2.22. The Kier molecular flexibility index (Phi) is 7.46. The van der Waals surface area contributed by atoms with Crippen molar-refractivity contribution >= 4 is 11.9 Å². The summed E-state index contributed by atoms with van der Waals surface area (Å²) in [6.45, 7) is 6.58. The summed E-state index contributed by atoms with van der Waals surface area (Å²) in [5, 5.41) is 11.1. The van der Waals surface area contributed by atoms with Crippen molar-refractivity contribution in [2.24, 2.45) is 0 Å². The topological polar surface area (TPSA) is 69.6 Å². The second-order valence-corrected chi connectivity index (χ2v) is 5.01. The van der Waals surface area contributed by atoms with E-state index in [1.54, 1.807) is 12.1 Å². The highest BCUT2D eigenvalue weighted by atomic mass is 16.4. The summed E-state index contributed by atoms with van der Waals surface area (Å²) in [7, 11) is 0. The first kappa shape index (κ1) is 17.2. The van der Waals surface area contributed by atoms with Gasteiger partial charge in [0, 0.05) is 12.1 Å². The van der Waals surface area contributed by atoms with Gasteiger partial charge >= 0.3 is 5.97 Å². The molecule has 0 aliphatic carbocycles. The molecule has 1 aromatic rings. The van der Waals surface area contributed by atoms with Crippen LogP contribution < -0.4 is 5.32 Å². The number of hydrogen-bond donors (Lipinski definition) is 2. The standard InChI is InChI=1S/C16H24N2O3/c1-3-9-18(10-4-2)12-13-7-5-6-8-14(13)16(21)17-11-15(19)20/h5-8H,3-4,9-12H2,1-2H3,(H,17,21)(H,19,20). The molecule has 0 bridgehead atoms. The van der Waals surface area contributed by atoms with E-state index in [0.29, 0.717) is 12.1 Å². The van der Waals surface area contributed by atoms with Crippen LogP contribution in [0.15, 0.2) is 24.3 Å². The molecule has 0 aliphatic rings. The second kappa shape index (κ2) is 9.13. The van der Waals surface area contributed by atoms with E-state index >= 15 is 0 Å². The van der Waals surface area contributed by atoms with Gasteiger partial charge in [-0.3, -0.25) is 14.5 Å². The molecule has 2 N–H and O–H groups in total. The summed E-state index contributed by atoms with van der Waals surface area (Å²) in [6, 6.07) is 7.36. The number of benzene rings is 1. The van der Waals surface area contributed by atoms with Gasteiger partial charge < -0.3 is 10.4 Å². The Balaban J connectivity index is 2.82. The molecular weight excluding hydrogens is 268 g/mol. The number of hydrogen-bond acceptors (Lipinski definition) is 3. The van der Waals surface area contributed by atoms with Crippen molar-refractivity contribution in [3.05, 3.63) is 35.4 Å². The summed E-state index contributed by atoms with van der Waals surface area (Å²) < 4.78 is 0. The zero-order chi connectivity index (χ0) is 15.7. The van der Waals surface area contributed by atoms with Crippen LogP contribution in [0, 0.1) is 0 Å². The van der Waals surface area contributed by atoms with Crippen LogP contribution in [0.25, 0.3) is 0 Å². The molecule has 0 unspecified atom stereocenters. The molecule has 116 valence electrons. The lowest BCUT2D eigenvalue weighted by atomic mass is 10.1. The number of rotatable bonds is 9. The highest BCUT2D eigenvalue weighted by Gasteiger charge is 2.13. The predicted molar refractivity (Wildman–Crippen MR) is 82.3 cm³/mol. The van der Waals surface area contributed by atoms with Gasteiger partial charge in [0.1, 0.15) is 6.54 Å². The smallest absolute Gasteiger partial charge is 0.322 e. The summed E-state index contributed by atoms with van der Waals surface area (Å²) in [5.74, 6) is -1.37. The second-order valence-electron chi connectivity index (χ2n) is 5.01. The number of carbonyl (C=O) groups is 2. The Morgan fingerprint density at radius 3 is 2.33 bits per heavy atom. The summed E-state index contributed by atoms with van der Waals surface area (Å²) in [5.41, 5.74) is 1.48. The maximum Gasteiger partial charge on any atom is 0.322 e. The normalized spacial score (nSPS) is 10.6. The van der Waals surface area contributed by atoms with Gasteiger partial charge in [-0.25, -0.2) is 0 Å². The van der Waals surface area contributed by atoms with Crippen LogP contribution in [-0.2, 0) is 11.3 Å². The highest BCUT2D eigenvalue weighted by molar-refractivity contribution is 5.97. The number of carbonyl (C=O) groups excluding carboxylic acids is 1. The Morgan fingerprint density at radius 1 is 1.14 bits per heavy atom. The number of nitrogens with zero attached hydrogens (tertiary/aromatic N) is 1. The summed E-state index contributed by atoms with van der Waals surface area (Å²) >= 11 is 0. The summed E-state index contributed by atoms with van der Waals surface area (Å²) in [6.07, 6.45) is 2.13. The largest absolute Gasteiger partial charge is 0.480 e. The molecule has 21 heavy (non-hydrogen) atoms. The number of aliphatic carboxylic acids is 1. The minimum absolute atomic E-state index is 0.332. The quantitative estimate of drug-likeness (QED) is 0.731. The van der Waals surface area contributed by atoms with Gasteiger partial charge in [0.25, 0.3) is 5.91 Å². The van der Waals surface area contributed by atoms with Crippen molar-refractivity contribution in [3.8, 4) is 0 Å². The third-order valence-electron chi connectivity index (χ3n) is 3.14. The average Bonchev–Trinajstić information content (AvgIpc) is 2.46.